The molecule has 0 amide bonds. The zero-order chi connectivity index (χ0) is 13.1. The Labute approximate surface area is 108 Å². The third-order valence-electron chi connectivity index (χ3n) is 3.35. The first-order valence-electron chi connectivity index (χ1n) is 6.24. The predicted octanol–water partition coefficient (Wildman–Crippen LogP) is 1.37. The molecule has 0 saturated carbocycles. The minimum Gasteiger partial charge on any atom is -0.496 e. The molecular formula is C14H21NO3. The van der Waals surface area contributed by atoms with Gasteiger partial charge in [0.15, 0.2) is 0 Å². The molecule has 1 aliphatic heterocycles. The average molecular weight is 251 g/mol. The molecule has 0 spiro atoms. The summed E-state index contributed by atoms with van der Waals surface area (Å²) in [7, 11) is 3.66. The van der Waals surface area contributed by atoms with Crippen molar-refractivity contribution in [1.82, 2.24) is 4.90 Å². The summed E-state index contributed by atoms with van der Waals surface area (Å²) in [5.74, 6) is 0.713. The Morgan fingerprint density at radius 1 is 1.50 bits per heavy atom. The van der Waals surface area contributed by atoms with E-state index in [1.807, 2.05) is 32.2 Å². The number of aryl methyl sites for hydroxylation is 1. The SMILES string of the molecule is COc1ccc(C)cc1C(O)C1CN(C)CCO1. The largest absolute Gasteiger partial charge is 0.496 e. The van der Waals surface area contributed by atoms with E-state index in [0.717, 1.165) is 24.2 Å². The predicted molar refractivity (Wildman–Crippen MR) is 69.9 cm³/mol. The van der Waals surface area contributed by atoms with E-state index in [1.165, 1.54) is 0 Å². The number of hydrogen-bond donors (Lipinski definition) is 1. The van der Waals surface area contributed by atoms with Gasteiger partial charge in [0.25, 0.3) is 0 Å². The van der Waals surface area contributed by atoms with Gasteiger partial charge in [-0.05, 0) is 26.1 Å². The smallest absolute Gasteiger partial charge is 0.124 e. The highest BCUT2D eigenvalue weighted by atomic mass is 16.5. The minimum atomic E-state index is -0.650. The molecule has 100 valence electrons. The number of ether oxygens (including phenoxy) is 2. The lowest BCUT2D eigenvalue weighted by Gasteiger charge is -2.33. The van der Waals surface area contributed by atoms with Crippen molar-refractivity contribution in [3.63, 3.8) is 0 Å². The van der Waals surface area contributed by atoms with Crippen molar-refractivity contribution in [3.05, 3.63) is 29.3 Å². The van der Waals surface area contributed by atoms with Crippen LogP contribution in [0.4, 0.5) is 0 Å². The molecule has 18 heavy (non-hydrogen) atoms. The first-order valence-corrected chi connectivity index (χ1v) is 6.24. The molecule has 0 aromatic heterocycles. The molecule has 0 aliphatic carbocycles. The van der Waals surface area contributed by atoms with Crippen molar-refractivity contribution in [2.45, 2.75) is 19.1 Å². The van der Waals surface area contributed by atoms with Crippen molar-refractivity contribution in [1.29, 1.82) is 0 Å². The number of benzene rings is 1. The summed E-state index contributed by atoms with van der Waals surface area (Å²) in [6.07, 6.45) is -0.845. The van der Waals surface area contributed by atoms with Gasteiger partial charge in [-0.15, -0.1) is 0 Å². The molecule has 1 aromatic carbocycles. The summed E-state index contributed by atoms with van der Waals surface area (Å²) in [6, 6.07) is 5.82. The lowest BCUT2D eigenvalue weighted by Crippen LogP contribution is -2.43. The van der Waals surface area contributed by atoms with Gasteiger partial charge in [-0.25, -0.2) is 0 Å². The minimum absolute atomic E-state index is 0.195. The second-order valence-electron chi connectivity index (χ2n) is 4.86. The summed E-state index contributed by atoms with van der Waals surface area (Å²) < 4.78 is 11.0. The summed E-state index contributed by atoms with van der Waals surface area (Å²) in [5.41, 5.74) is 1.91. The molecule has 4 nitrogen and oxygen atoms in total. The van der Waals surface area contributed by atoms with E-state index in [2.05, 4.69) is 4.90 Å². The van der Waals surface area contributed by atoms with E-state index >= 15 is 0 Å². The maximum absolute atomic E-state index is 10.5. The van der Waals surface area contributed by atoms with Crippen LogP contribution in [-0.2, 0) is 4.74 Å². The first kappa shape index (κ1) is 13.3. The molecule has 4 heteroatoms. The van der Waals surface area contributed by atoms with E-state index in [0.29, 0.717) is 12.4 Å². The number of morpholine rings is 1. The molecule has 1 aromatic rings. The van der Waals surface area contributed by atoms with Crippen LogP contribution in [0.2, 0.25) is 0 Å². The van der Waals surface area contributed by atoms with E-state index in [1.54, 1.807) is 7.11 Å². The molecule has 1 saturated heterocycles. The second kappa shape index (κ2) is 5.69. The van der Waals surface area contributed by atoms with Crippen LogP contribution in [-0.4, -0.2) is 50.0 Å². The number of aliphatic hydroxyl groups is 1. The number of likely N-dealkylation sites (N-methyl/N-ethyl adjacent to an activating group) is 1. The molecule has 1 fully saturated rings. The molecule has 1 heterocycles. The number of aliphatic hydroxyl groups excluding tert-OH is 1. The van der Waals surface area contributed by atoms with Crippen LogP contribution in [0.5, 0.6) is 5.75 Å². The van der Waals surface area contributed by atoms with Gasteiger partial charge in [-0.3, -0.25) is 0 Å². The molecule has 2 unspecified atom stereocenters. The molecule has 0 bridgehead atoms. The zero-order valence-corrected chi connectivity index (χ0v) is 11.2. The average Bonchev–Trinajstić information content (AvgIpc) is 2.38. The number of rotatable bonds is 3. The van der Waals surface area contributed by atoms with E-state index in [4.69, 9.17) is 9.47 Å². The third-order valence-corrected chi connectivity index (χ3v) is 3.35. The molecule has 0 radical (unpaired) electrons. The molecule has 2 atom stereocenters. The fourth-order valence-corrected chi connectivity index (χ4v) is 2.29. The van der Waals surface area contributed by atoms with Crippen LogP contribution in [0.25, 0.3) is 0 Å². The van der Waals surface area contributed by atoms with Gasteiger partial charge >= 0.3 is 0 Å². The molecule has 1 N–H and O–H groups in total. The molecule has 1 aliphatic rings. The fraction of sp³-hybridized carbons (Fsp3) is 0.571. The van der Waals surface area contributed by atoms with Crippen molar-refractivity contribution in [3.8, 4) is 5.75 Å². The Kier molecular flexibility index (Phi) is 4.22. The van der Waals surface area contributed by atoms with E-state index < -0.39 is 6.10 Å². The highest BCUT2D eigenvalue weighted by Crippen LogP contribution is 2.30. The van der Waals surface area contributed by atoms with E-state index in [-0.39, 0.29) is 6.10 Å². The lowest BCUT2D eigenvalue weighted by atomic mass is 10.00. The quantitative estimate of drug-likeness (QED) is 0.881. The van der Waals surface area contributed by atoms with Crippen molar-refractivity contribution < 1.29 is 14.6 Å². The maximum Gasteiger partial charge on any atom is 0.124 e. The first-order chi connectivity index (χ1) is 8.61. The van der Waals surface area contributed by atoms with Crippen LogP contribution in [0.15, 0.2) is 18.2 Å². The summed E-state index contributed by atoms with van der Waals surface area (Å²) >= 11 is 0. The van der Waals surface area contributed by atoms with Gasteiger partial charge in [0.1, 0.15) is 18.0 Å². The molecule has 2 rings (SSSR count). The summed E-state index contributed by atoms with van der Waals surface area (Å²) in [4.78, 5) is 2.17. The van der Waals surface area contributed by atoms with Crippen LogP contribution in [0, 0.1) is 6.92 Å². The second-order valence-corrected chi connectivity index (χ2v) is 4.86. The van der Waals surface area contributed by atoms with Gasteiger partial charge in [0.05, 0.1) is 13.7 Å². The standard InChI is InChI=1S/C14H21NO3/c1-10-4-5-12(17-3)11(8-10)14(16)13-9-15(2)6-7-18-13/h4-5,8,13-14,16H,6-7,9H2,1-3H3. The normalized spacial score (nSPS) is 22.8. The Morgan fingerprint density at radius 3 is 2.94 bits per heavy atom. The topological polar surface area (TPSA) is 41.9 Å². The Hall–Kier alpha value is -1.10. The van der Waals surface area contributed by atoms with Crippen molar-refractivity contribution >= 4 is 0 Å². The van der Waals surface area contributed by atoms with Gasteiger partial charge in [-0.1, -0.05) is 11.6 Å². The summed E-state index contributed by atoms with van der Waals surface area (Å²) in [5, 5.41) is 10.5. The van der Waals surface area contributed by atoms with Gasteiger partial charge in [-0.2, -0.15) is 0 Å². The van der Waals surface area contributed by atoms with Gasteiger partial charge in [0, 0.05) is 18.7 Å². The highest BCUT2D eigenvalue weighted by Gasteiger charge is 2.28. The lowest BCUT2D eigenvalue weighted by molar-refractivity contribution is -0.0849. The Balaban J connectivity index is 2.21. The summed E-state index contributed by atoms with van der Waals surface area (Å²) in [6.45, 7) is 4.31. The van der Waals surface area contributed by atoms with E-state index in [9.17, 15) is 5.11 Å². The molecular weight excluding hydrogens is 230 g/mol. The van der Waals surface area contributed by atoms with Crippen molar-refractivity contribution in [2.24, 2.45) is 0 Å². The number of hydrogen-bond acceptors (Lipinski definition) is 4. The van der Waals surface area contributed by atoms with Crippen LogP contribution in [0.3, 0.4) is 0 Å². The van der Waals surface area contributed by atoms with Crippen LogP contribution < -0.4 is 4.74 Å². The van der Waals surface area contributed by atoms with Gasteiger partial charge < -0.3 is 19.5 Å². The zero-order valence-electron chi connectivity index (χ0n) is 11.2. The maximum atomic E-state index is 10.5. The number of nitrogens with zero attached hydrogens (tertiary/aromatic N) is 1. The van der Waals surface area contributed by atoms with Crippen molar-refractivity contribution in [2.75, 3.05) is 33.9 Å². The van der Waals surface area contributed by atoms with Crippen LogP contribution >= 0.6 is 0 Å². The highest BCUT2D eigenvalue weighted by molar-refractivity contribution is 5.39. The monoisotopic (exact) mass is 251 g/mol. The van der Waals surface area contributed by atoms with Gasteiger partial charge in [0.2, 0.25) is 0 Å². The number of methoxy groups -OCH3 is 1. The Morgan fingerprint density at radius 2 is 2.28 bits per heavy atom. The van der Waals surface area contributed by atoms with Crippen LogP contribution in [0.1, 0.15) is 17.2 Å². The fourth-order valence-electron chi connectivity index (χ4n) is 2.29. The third kappa shape index (κ3) is 2.83. The Bertz CT molecular complexity index is 408.